The Kier molecular flexibility index (Phi) is 6.32. The molecule has 0 spiro atoms. The average Bonchev–Trinajstić information content (AvgIpc) is 2.55. The molecule has 2 aromatic carbocycles. The number of benzene rings is 2. The molecule has 2 aromatic rings. The van der Waals surface area contributed by atoms with E-state index in [9.17, 15) is 14.0 Å². The van der Waals surface area contributed by atoms with E-state index in [2.05, 4.69) is 5.32 Å². The van der Waals surface area contributed by atoms with Crippen molar-refractivity contribution in [3.8, 4) is 0 Å². The van der Waals surface area contributed by atoms with Gasteiger partial charge < -0.3 is 10.2 Å². The Morgan fingerprint density at radius 1 is 1.17 bits per heavy atom. The van der Waals surface area contributed by atoms with Crippen molar-refractivity contribution in [1.29, 1.82) is 0 Å². The second kappa shape index (κ2) is 8.45. The van der Waals surface area contributed by atoms with Gasteiger partial charge in [0.25, 0.3) is 0 Å². The number of carbonyl (C=O) groups is 2. The SMILES string of the molecule is CC(=O)N(CCNC(=O)Cc1ccccc1)c1ccc(F)c(Cl)c1. The predicted octanol–water partition coefficient (Wildman–Crippen LogP) is 3.19. The Hall–Kier alpha value is -2.40. The number of halogens is 2. The van der Waals surface area contributed by atoms with Gasteiger partial charge in [0.1, 0.15) is 5.82 Å². The summed E-state index contributed by atoms with van der Waals surface area (Å²) in [7, 11) is 0. The largest absolute Gasteiger partial charge is 0.354 e. The van der Waals surface area contributed by atoms with Crippen LogP contribution in [0.3, 0.4) is 0 Å². The van der Waals surface area contributed by atoms with Gasteiger partial charge in [0.05, 0.1) is 11.4 Å². The van der Waals surface area contributed by atoms with Crippen LogP contribution in [0.4, 0.5) is 10.1 Å². The van der Waals surface area contributed by atoms with Gasteiger partial charge in [0.15, 0.2) is 0 Å². The molecular formula is C18H18ClFN2O2. The highest BCUT2D eigenvalue weighted by Crippen LogP contribution is 2.22. The minimum absolute atomic E-state index is 0.0492. The molecule has 0 saturated carbocycles. The van der Waals surface area contributed by atoms with Crippen LogP contribution in [0.15, 0.2) is 48.5 Å². The Morgan fingerprint density at radius 3 is 2.50 bits per heavy atom. The summed E-state index contributed by atoms with van der Waals surface area (Å²) in [5.41, 5.74) is 1.41. The molecule has 2 rings (SSSR count). The lowest BCUT2D eigenvalue weighted by Crippen LogP contribution is -2.38. The summed E-state index contributed by atoms with van der Waals surface area (Å²) in [4.78, 5) is 25.1. The van der Waals surface area contributed by atoms with E-state index in [-0.39, 0.29) is 29.8 Å². The maximum absolute atomic E-state index is 13.2. The Labute approximate surface area is 145 Å². The molecule has 24 heavy (non-hydrogen) atoms. The zero-order valence-corrected chi connectivity index (χ0v) is 14.0. The third-order valence-electron chi connectivity index (χ3n) is 3.46. The number of amides is 2. The standard InChI is InChI=1S/C18H18ClFN2O2/c1-13(23)22(15-7-8-17(20)16(19)12-15)10-9-21-18(24)11-14-5-3-2-4-6-14/h2-8,12H,9-11H2,1H3,(H,21,24). The van der Waals surface area contributed by atoms with E-state index >= 15 is 0 Å². The van der Waals surface area contributed by atoms with Gasteiger partial charge in [-0.2, -0.15) is 0 Å². The molecule has 0 aromatic heterocycles. The third-order valence-corrected chi connectivity index (χ3v) is 3.75. The summed E-state index contributed by atoms with van der Waals surface area (Å²) in [6, 6.07) is 13.5. The van der Waals surface area contributed by atoms with Crippen molar-refractivity contribution in [2.24, 2.45) is 0 Å². The maximum Gasteiger partial charge on any atom is 0.224 e. The summed E-state index contributed by atoms with van der Waals surface area (Å²) in [5, 5.41) is 2.72. The van der Waals surface area contributed by atoms with Crippen LogP contribution in [-0.2, 0) is 16.0 Å². The molecule has 0 radical (unpaired) electrons. The van der Waals surface area contributed by atoms with Crippen molar-refractivity contribution in [1.82, 2.24) is 5.32 Å². The fraction of sp³-hybridized carbons (Fsp3) is 0.222. The first-order valence-corrected chi connectivity index (χ1v) is 7.89. The van der Waals surface area contributed by atoms with Crippen molar-refractivity contribution in [2.75, 3.05) is 18.0 Å². The van der Waals surface area contributed by atoms with Gasteiger partial charge in [-0.25, -0.2) is 4.39 Å². The van der Waals surface area contributed by atoms with E-state index in [1.165, 1.54) is 30.0 Å². The average molecular weight is 349 g/mol. The van der Waals surface area contributed by atoms with E-state index in [0.717, 1.165) is 5.56 Å². The molecule has 0 aliphatic rings. The van der Waals surface area contributed by atoms with E-state index in [1.807, 2.05) is 30.3 Å². The van der Waals surface area contributed by atoms with Crippen LogP contribution in [0.1, 0.15) is 12.5 Å². The Balaban J connectivity index is 1.91. The second-order valence-corrected chi connectivity index (χ2v) is 5.69. The normalized spacial score (nSPS) is 10.3. The summed E-state index contributed by atoms with van der Waals surface area (Å²) >= 11 is 5.75. The maximum atomic E-state index is 13.2. The van der Waals surface area contributed by atoms with Crippen molar-refractivity contribution in [2.45, 2.75) is 13.3 Å². The molecule has 2 amide bonds. The highest BCUT2D eigenvalue weighted by molar-refractivity contribution is 6.31. The number of carbonyl (C=O) groups excluding carboxylic acids is 2. The lowest BCUT2D eigenvalue weighted by molar-refractivity contribution is -0.121. The molecule has 6 heteroatoms. The predicted molar refractivity (Wildman–Crippen MR) is 92.6 cm³/mol. The van der Waals surface area contributed by atoms with E-state index < -0.39 is 5.82 Å². The van der Waals surface area contributed by atoms with Crippen LogP contribution in [0, 0.1) is 5.82 Å². The zero-order valence-electron chi connectivity index (χ0n) is 13.3. The van der Waals surface area contributed by atoms with E-state index in [1.54, 1.807) is 0 Å². The van der Waals surface area contributed by atoms with Crippen molar-refractivity contribution in [3.63, 3.8) is 0 Å². The van der Waals surface area contributed by atoms with Crippen LogP contribution in [0.25, 0.3) is 0 Å². The molecule has 0 fully saturated rings. The monoisotopic (exact) mass is 348 g/mol. The Morgan fingerprint density at radius 2 is 1.88 bits per heavy atom. The first-order chi connectivity index (χ1) is 11.5. The minimum Gasteiger partial charge on any atom is -0.354 e. The van der Waals surface area contributed by atoms with Gasteiger partial charge in [0.2, 0.25) is 11.8 Å². The molecule has 1 N–H and O–H groups in total. The quantitative estimate of drug-likeness (QED) is 0.871. The topological polar surface area (TPSA) is 49.4 Å². The fourth-order valence-corrected chi connectivity index (χ4v) is 2.45. The van der Waals surface area contributed by atoms with Gasteiger partial charge in [-0.15, -0.1) is 0 Å². The van der Waals surface area contributed by atoms with Gasteiger partial charge in [-0.1, -0.05) is 41.9 Å². The summed E-state index contributed by atoms with van der Waals surface area (Å²) < 4.78 is 13.2. The van der Waals surface area contributed by atoms with Crippen LogP contribution in [-0.4, -0.2) is 24.9 Å². The molecule has 0 heterocycles. The first-order valence-electron chi connectivity index (χ1n) is 7.51. The van der Waals surface area contributed by atoms with E-state index in [0.29, 0.717) is 12.2 Å². The number of rotatable bonds is 6. The summed E-state index contributed by atoms with van der Waals surface area (Å²) in [5.74, 6) is -0.878. The number of nitrogens with zero attached hydrogens (tertiary/aromatic N) is 1. The fourth-order valence-electron chi connectivity index (χ4n) is 2.27. The molecule has 0 bridgehead atoms. The van der Waals surface area contributed by atoms with Crippen molar-refractivity contribution in [3.05, 3.63) is 64.9 Å². The number of anilines is 1. The van der Waals surface area contributed by atoms with Gasteiger partial charge >= 0.3 is 0 Å². The summed E-state index contributed by atoms with van der Waals surface area (Å²) in [6.45, 7) is 1.97. The molecule has 0 atom stereocenters. The molecular weight excluding hydrogens is 331 g/mol. The smallest absolute Gasteiger partial charge is 0.224 e. The first kappa shape index (κ1) is 17.9. The molecule has 0 aliphatic carbocycles. The highest BCUT2D eigenvalue weighted by atomic mass is 35.5. The highest BCUT2D eigenvalue weighted by Gasteiger charge is 2.13. The molecule has 0 unspecified atom stereocenters. The lowest BCUT2D eigenvalue weighted by Gasteiger charge is -2.21. The van der Waals surface area contributed by atoms with Gasteiger partial charge in [-0.05, 0) is 23.8 Å². The van der Waals surface area contributed by atoms with Gasteiger partial charge in [-0.3, -0.25) is 9.59 Å². The summed E-state index contributed by atoms with van der Waals surface area (Å²) in [6.07, 6.45) is 0.281. The van der Waals surface area contributed by atoms with Crippen molar-refractivity contribution >= 4 is 29.1 Å². The number of hydrogen-bond donors (Lipinski definition) is 1. The third kappa shape index (κ3) is 5.06. The van der Waals surface area contributed by atoms with Gasteiger partial charge in [0, 0.05) is 25.7 Å². The van der Waals surface area contributed by atoms with Crippen LogP contribution < -0.4 is 10.2 Å². The second-order valence-electron chi connectivity index (χ2n) is 5.28. The zero-order chi connectivity index (χ0) is 17.5. The minimum atomic E-state index is -0.542. The molecule has 126 valence electrons. The van der Waals surface area contributed by atoms with Crippen LogP contribution in [0.2, 0.25) is 5.02 Å². The molecule has 4 nitrogen and oxygen atoms in total. The molecule has 0 saturated heterocycles. The Bertz CT molecular complexity index is 722. The lowest BCUT2D eigenvalue weighted by atomic mass is 10.1. The van der Waals surface area contributed by atoms with Crippen LogP contribution in [0.5, 0.6) is 0 Å². The van der Waals surface area contributed by atoms with E-state index in [4.69, 9.17) is 11.6 Å². The number of hydrogen-bond acceptors (Lipinski definition) is 2. The van der Waals surface area contributed by atoms with Crippen molar-refractivity contribution < 1.29 is 14.0 Å². The number of nitrogens with one attached hydrogen (secondary N) is 1. The molecule has 0 aliphatic heterocycles. The van der Waals surface area contributed by atoms with Crippen LogP contribution >= 0.6 is 11.6 Å².